The molecule has 90 valence electrons. The highest BCUT2D eigenvalue weighted by Crippen LogP contribution is 2.26. The predicted molar refractivity (Wildman–Crippen MR) is 60.9 cm³/mol. The highest BCUT2D eigenvalue weighted by Gasteiger charge is 2.15. The Labute approximate surface area is 94.6 Å². The Bertz CT molecular complexity index is 329. The van der Waals surface area contributed by atoms with E-state index in [1.807, 2.05) is 13.8 Å². The molecule has 1 aromatic rings. The van der Waals surface area contributed by atoms with Gasteiger partial charge in [0.15, 0.2) is 11.6 Å². The van der Waals surface area contributed by atoms with Crippen molar-refractivity contribution in [2.75, 3.05) is 5.32 Å². The number of ether oxygens (including phenoxy) is 1. The van der Waals surface area contributed by atoms with Gasteiger partial charge in [0.2, 0.25) is 5.82 Å². The van der Waals surface area contributed by atoms with E-state index in [9.17, 15) is 8.78 Å². The number of rotatable bonds is 4. The molecule has 0 atom stereocenters. The molecule has 1 aromatic carbocycles. The Kier molecular flexibility index (Phi) is 4.10. The van der Waals surface area contributed by atoms with E-state index < -0.39 is 11.6 Å². The summed E-state index contributed by atoms with van der Waals surface area (Å²) < 4.78 is 32.2. The first-order chi connectivity index (χ1) is 7.41. The first-order valence-electron chi connectivity index (χ1n) is 5.33. The van der Waals surface area contributed by atoms with E-state index in [2.05, 4.69) is 5.32 Å². The second-order valence-electron chi connectivity index (χ2n) is 4.20. The molecule has 16 heavy (non-hydrogen) atoms. The molecule has 0 aliphatic heterocycles. The number of hydrogen-bond acceptors (Lipinski definition) is 2. The smallest absolute Gasteiger partial charge is 0.202 e. The molecule has 4 heteroatoms. The molecule has 0 fully saturated rings. The van der Waals surface area contributed by atoms with Crippen LogP contribution in [0.3, 0.4) is 0 Å². The fourth-order valence-corrected chi connectivity index (χ4v) is 1.30. The van der Waals surface area contributed by atoms with Gasteiger partial charge in [0.25, 0.3) is 0 Å². The Morgan fingerprint density at radius 1 is 1.06 bits per heavy atom. The number of halogens is 2. The number of anilines is 1. The van der Waals surface area contributed by atoms with E-state index >= 15 is 0 Å². The lowest BCUT2D eigenvalue weighted by molar-refractivity contribution is 0.228. The highest BCUT2D eigenvalue weighted by atomic mass is 19.2. The molecule has 0 aliphatic rings. The molecular formula is C12H17F2NO. The van der Waals surface area contributed by atoms with Crippen molar-refractivity contribution in [2.45, 2.75) is 39.8 Å². The van der Waals surface area contributed by atoms with Crippen molar-refractivity contribution in [1.29, 1.82) is 0 Å². The summed E-state index contributed by atoms with van der Waals surface area (Å²) in [6.07, 6.45) is -0.183. The van der Waals surface area contributed by atoms with Crippen LogP contribution >= 0.6 is 0 Å². The zero-order valence-corrected chi connectivity index (χ0v) is 9.97. The average Bonchev–Trinajstić information content (AvgIpc) is 2.16. The molecular weight excluding hydrogens is 212 g/mol. The van der Waals surface area contributed by atoms with Gasteiger partial charge in [-0.3, -0.25) is 0 Å². The fourth-order valence-electron chi connectivity index (χ4n) is 1.30. The Morgan fingerprint density at radius 3 is 2.19 bits per heavy atom. The third-order valence-electron chi connectivity index (χ3n) is 1.85. The monoisotopic (exact) mass is 229 g/mol. The minimum absolute atomic E-state index is 0.0470. The van der Waals surface area contributed by atoms with E-state index in [0.29, 0.717) is 0 Å². The summed E-state index contributed by atoms with van der Waals surface area (Å²) in [4.78, 5) is 0. The van der Waals surface area contributed by atoms with Crippen molar-refractivity contribution < 1.29 is 13.5 Å². The summed E-state index contributed by atoms with van der Waals surface area (Å²) in [6, 6.07) is 2.96. The number of hydrogen-bond donors (Lipinski definition) is 1. The predicted octanol–water partition coefficient (Wildman–Crippen LogP) is 3.57. The minimum Gasteiger partial charge on any atom is -0.488 e. The molecule has 1 N–H and O–H groups in total. The van der Waals surface area contributed by atoms with Gasteiger partial charge < -0.3 is 10.1 Å². The van der Waals surface area contributed by atoms with Crippen LogP contribution in [0.5, 0.6) is 5.75 Å². The van der Waals surface area contributed by atoms with Crippen molar-refractivity contribution in [1.82, 2.24) is 0 Å². The molecule has 0 amide bonds. The molecule has 2 nitrogen and oxygen atoms in total. The third-order valence-corrected chi connectivity index (χ3v) is 1.85. The maximum atomic E-state index is 13.6. The molecule has 0 spiro atoms. The molecule has 0 bridgehead atoms. The SMILES string of the molecule is CC(C)Nc1ccc(OC(C)C)c(F)c1F. The lowest BCUT2D eigenvalue weighted by Gasteiger charge is -2.15. The summed E-state index contributed by atoms with van der Waals surface area (Å²) in [5, 5.41) is 2.82. The average molecular weight is 229 g/mol. The molecule has 1 rings (SSSR count). The van der Waals surface area contributed by atoms with Crippen LogP contribution in [0.2, 0.25) is 0 Å². The summed E-state index contributed by atoms with van der Waals surface area (Å²) in [7, 11) is 0. The van der Waals surface area contributed by atoms with Gasteiger partial charge in [0.1, 0.15) is 0 Å². The summed E-state index contributed by atoms with van der Waals surface area (Å²) >= 11 is 0. The quantitative estimate of drug-likeness (QED) is 0.852. The van der Waals surface area contributed by atoms with Gasteiger partial charge >= 0.3 is 0 Å². The second kappa shape index (κ2) is 5.14. The van der Waals surface area contributed by atoms with Crippen molar-refractivity contribution in [3.8, 4) is 5.75 Å². The van der Waals surface area contributed by atoms with Crippen molar-refractivity contribution >= 4 is 5.69 Å². The maximum Gasteiger partial charge on any atom is 0.202 e. The molecule has 0 radical (unpaired) electrons. The first-order valence-corrected chi connectivity index (χ1v) is 5.33. The highest BCUT2D eigenvalue weighted by molar-refractivity contribution is 5.49. The van der Waals surface area contributed by atoms with E-state index in [-0.39, 0.29) is 23.6 Å². The van der Waals surface area contributed by atoms with Crippen LogP contribution in [0.4, 0.5) is 14.5 Å². The number of nitrogens with one attached hydrogen (secondary N) is 1. The van der Waals surface area contributed by atoms with Gasteiger partial charge in [-0.05, 0) is 39.8 Å². The van der Waals surface area contributed by atoms with Gasteiger partial charge in [-0.1, -0.05) is 0 Å². The lowest BCUT2D eigenvalue weighted by atomic mass is 10.2. The van der Waals surface area contributed by atoms with E-state index in [1.165, 1.54) is 12.1 Å². The maximum absolute atomic E-state index is 13.6. The van der Waals surface area contributed by atoms with Crippen LogP contribution in [-0.2, 0) is 0 Å². The summed E-state index contributed by atoms with van der Waals surface area (Å²) in [6.45, 7) is 7.24. The van der Waals surface area contributed by atoms with Crippen LogP contribution in [0.25, 0.3) is 0 Å². The first kappa shape index (κ1) is 12.7. The second-order valence-corrected chi connectivity index (χ2v) is 4.20. The van der Waals surface area contributed by atoms with Crippen LogP contribution < -0.4 is 10.1 Å². The van der Waals surface area contributed by atoms with Gasteiger partial charge in [0.05, 0.1) is 11.8 Å². The van der Waals surface area contributed by atoms with Crippen molar-refractivity contribution in [3.05, 3.63) is 23.8 Å². The zero-order valence-electron chi connectivity index (χ0n) is 9.97. The fraction of sp³-hybridized carbons (Fsp3) is 0.500. The van der Waals surface area contributed by atoms with Crippen LogP contribution in [0, 0.1) is 11.6 Å². The van der Waals surface area contributed by atoms with Gasteiger partial charge in [-0.15, -0.1) is 0 Å². The molecule has 0 heterocycles. The van der Waals surface area contributed by atoms with Crippen molar-refractivity contribution in [2.24, 2.45) is 0 Å². The molecule has 0 saturated carbocycles. The third kappa shape index (κ3) is 3.08. The molecule has 0 saturated heterocycles. The molecule has 0 aromatic heterocycles. The van der Waals surface area contributed by atoms with Crippen LogP contribution in [-0.4, -0.2) is 12.1 Å². The van der Waals surface area contributed by atoms with Gasteiger partial charge in [0, 0.05) is 6.04 Å². The standard InChI is InChI=1S/C12H17F2NO/c1-7(2)15-9-5-6-10(16-8(3)4)12(14)11(9)13/h5-8,15H,1-4H3. The zero-order chi connectivity index (χ0) is 12.3. The summed E-state index contributed by atoms with van der Waals surface area (Å²) in [5.41, 5.74) is 0.156. The topological polar surface area (TPSA) is 21.3 Å². The van der Waals surface area contributed by atoms with E-state index in [0.717, 1.165) is 0 Å². The van der Waals surface area contributed by atoms with E-state index in [1.54, 1.807) is 13.8 Å². The Morgan fingerprint density at radius 2 is 1.69 bits per heavy atom. The van der Waals surface area contributed by atoms with Crippen molar-refractivity contribution in [3.63, 3.8) is 0 Å². The van der Waals surface area contributed by atoms with Crippen LogP contribution in [0.15, 0.2) is 12.1 Å². The lowest BCUT2D eigenvalue weighted by Crippen LogP contribution is -2.13. The normalized spacial score (nSPS) is 11.0. The molecule has 0 unspecified atom stereocenters. The largest absolute Gasteiger partial charge is 0.488 e. The Balaban J connectivity index is 2.98. The minimum atomic E-state index is -0.945. The molecule has 0 aliphatic carbocycles. The van der Waals surface area contributed by atoms with E-state index in [4.69, 9.17) is 4.74 Å². The van der Waals surface area contributed by atoms with Gasteiger partial charge in [-0.25, -0.2) is 4.39 Å². The van der Waals surface area contributed by atoms with Gasteiger partial charge in [-0.2, -0.15) is 4.39 Å². The number of benzene rings is 1. The Hall–Kier alpha value is -1.32. The van der Waals surface area contributed by atoms with Crippen LogP contribution in [0.1, 0.15) is 27.7 Å². The summed E-state index contributed by atoms with van der Waals surface area (Å²) in [5.74, 6) is -1.90.